The van der Waals surface area contributed by atoms with Crippen LogP contribution in [0.2, 0.25) is 0 Å². The summed E-state index contributed by atoms with van der Waals surface area (Å²) in [6, 6.07) is 0. The Balaban J connectivity index is 0.000000500. The van der Waals surface area contributed by atoms with E-state index in [1.807, 2.05) is 6.92 Å². The Morgan fingerprint density at radius 1 is 1.21 bits per heavy atom. The summed E-state index contributed by atoms with van der Waals surface area (Å²) in [4.78, 5) is 42.6. The van der Waals surface area contributed by atoms with E-state index >= 15 is 0 Å². The Bertz CT molecular complexity index is 437. The minimum absolute atomic E-state index is 0.250. The van der Waals surface area contributed by atoms with Crippen LogP contribution in [0.1, 0.15) is 18.2 Å². The van der Waals surface area contributed by atoms with Gasteiger partial charge in [-0.15, -0.1) is 0 Å². The second kappa shape index (κ2) is 5.66. The van der Waals surface area contributed by atoms with Crippen molar-refractivity contribution in [3.8, 4) is 0 Å². The molecule has 76 valence electrons. The minimum Gasteiger partial charge on any atom is -0.311 e. The zero-order chi connectivity index (χ0) is 11.1. The molecule has 1 heterocycles. The van der Waals surface area contributed by atoms with Crippen molar-refractivity contribution in [1.82, 2.24) is 9.97 Å². The van der Waals surface area contributed by atoms with Crippen LogP contribution >= 0.6 is 0 Å². The maximum Gasteiger partial charge on any atom is 0.373 e. The number of carbonyl (C=O) groups excluding carboxylic acids is 2. The van der Waals surface area contributed by atoms with Crippen molar-refractivity contribution in [1.29, 1.82) is 0 Å². The van der Waals surface area contributed by atoms with E-state index in [1.165, 1.54) is 0 Å². The number of aromatic nitrogens is 2. The summed E-state index contributed by atoms with van der Waals surface area (Å²) >= 11 is 0. The smallest absolute Gasteiger partial charge is 0.311 e. The van der Waals surface area contributed by atoms with Gasteiger partial charge in [0, 0.05) is 11.3 Å². The Kier molecular flexibility index (Phi) is 4.88. The lowest BCUT2D eigenvalue weighted by atomic mass is 10.2. The Morgan fingerprint density at radius 2 is 1.71 bits per heavy atom. The number of hydrogen-bond donors (Lipinski definition) is 2. The second-order valence-corrected chi connectivity index (χ2v) is 2.45. The Labute approximate surface area is 79.0 Å². The van der Waals surface area contributed by atoms with Gasteiger partial charge in [-0.1, -0.05) is 6.92 Å². The molecular weight excluding hydrogens is 188 g/mol. The molecule has 0 spiro atoms. The highest BCUT2D eigenvalue weighted by Gasteiger charge is 2.00. The van der Waals surface area contributed by atoms with E-state index in [2.05, 4.69) is 9.97 Å². The van der Waals surface area contributed by atoms with E-state index in [0.717, 1.165) is 0 Å². The van der Waals surface area contributed by atoms with E-state index < -0.39 is 5.69 Å². The lowest BCUT2D eigenvalue weighted by molar-refractivity contribution is -0.191. The highest BCUT2D eigenvalue weighted by atomic mass is 16.2. The van der Waals surface area contributed by atoms with Crippen LogP contribution in [0.25, 0.3) is 0 Å². The third kappa shape index (κ3) is 3.20. The van der Waals surface area contributed by atoms with Gasteiger partial charge < -0.3 is 4.98 Å². The van der Waals surface area contributed by atoms with Gasteiger partial charge in [0.2, 0.25) is 0 Å². The van der Waals surface area contributed by atoms with Crippen LogP contribution in [0.4, 0.5) is 0 Å². The number of H-pyrrole nitrogens is 2. The molecule has 14 heavy (non-hydrogen) atoms. The third-order valence-corrected chi connectivity index (χ3v) is 1.64. The quantitative estimate of drug-likeness (QED) is 0.626. The van der Waals surface area contributed by atoms with E-state index in [0.29, 0.717) is 17.7 Å². The number of hydrogen-bond acceptors (Lipinski definition) is 4. The van der Waals surface area contributed by atoms with Crippen LogP contribution in [0, 0.1) is 6.92 Å². The number of nitrogens with one attached hydrogen (secondary N) is 2. The van der Waals surface area contributed by atoms with Gasteiger partial charge >= 0.3 is 11.8 Å². The molecule has 0 amide bonds. The summed E-state index contributed by atoms with van der Waals surface area (Å²) in [7, 11) is 0. The van der Waals surface area contributed by atoms with Gasteiger partial charge in [0.1, 0.15) is 0 Å². The van der Waals surface area contributed by atoms with E-state index in [-0.39, 0.29) is 11.7 Å². The summed E-state index contributed by atoms with van der Waals surface area (Å²) in [6.45, 7) is 3.57. The van der Waals surface area contributed by atoms with Crippen molar-refractivity contribution >= 4 is 6.15 Å². The van der Waals surface area contributed by atoms with Gasteiger partial charge in [0.25, 0.3) is 5.56 Å². The number of rotatable bonds is 1. The molecule has 0 aliphatic rings. The second-order valence-electron chi connectivity index (χ2n) is 2.45. The summed E-state index contributed by atoms with van der Waals surface area (Å²) in [5.74, 6) is 0. The first-order chi connectivity index (χ1) is 6.56. The summed E-state index contributed by atoms with van der Waals surface area (Å²) in [5, 5.41) is 0. The average Bonchev–Trinajstić information content (AvgIpc) is 2.12. The Morgan fingerprint density at radius 3 is 2.14 bits per heavy atom. The fraction of sp³-hybridized carbons (Fsp3) is 0.375. The van der Waals surface area contributed by atoms with Crippen molar-refractivity contribution in [3.05, 3.63) is 32.1 Å². The van der Waals surface area contributed by atoms with Crippen molar-refractivity contribution in [3.63, 3.8) is 0 Å². The predicted octanol–water partition coefficient (Wildman–Crippen LogP) is -0.649. The molecule has 0 atom stereocenters. The standard InChI is InChI=1S/C7H10N2O2.CO2/c1-3-5-4(2)6(10)9-7(11)8-5;2-1-3/h3H2,1-2H3,(H2,8,9,10,11);. The molecule has 0 aliphatic carbocycles. The SMILES string of the molecule is CCc1[nH]c(=O)[nH]c(=O)c1C.O=C=O. The number of aromatic amines is 2. The van der Waals surface area contributed by atoms with Crippen molar-refractivity contribution in [2.24, 2.45) is 0 Å². The summed E-state index contributed by atoms with van der Waals surface area (Å²) in [5.41, 5.74) is 0.564. The first-order valence-corrected chi connectivity index (χ1v) is 3.88. The summed E-state index contributed by atoms with van der Waals surface area (Å²) in [6.07, 6.45) is 0.922. The molecule has 0 aliphatic heterocycles. The highest BCUT2D eigenvalue weighted by molar-refractivity contribution is 5.20. The molecule has 0 saturated heterocycles. The maximum absolute atomic E-state index is 10.9. The highest BCUT2D eigenvalue weighted by Crippen LogP contribution is 1.93. The zero-order valence-electron chi connectivity index (χ0n) is 7.84. The molecule has 0 unspecified atom stereocenters. The fourth-order valence-corrected chi connectivity index (χ4v) is 0.950. The lowest BCUT2D eigenvalue weighted by Crippen LogP contribution is -2.26. The van der Waals surface area contributed by atoms with Gasteiger partial charge in [0.15, 0.2) is 0 Å². The minimum atomic E-state index is -0.433. The zero-order valence-corrected chi connectivity index (χ0v) is 7.84. The maximum atomic E-state index is 10.9. The van der Waals surface area contributed by atoms with Crippen molar-refractivity contribution in [2.45, 2.75) is 20.3 Å². The van der Waals surface area contributed by atoms with Crippen LogP contribution in [0.5, 0.6) is 0 Å². The fourth-order valence-electron chi connectivity index (χ4n) is 0.950. The summed E-state index contributed by atoms with van der Waals surface area (Å²) < 4.78 is 0. The van der Waals surface area contributed by atoms with Crippen molar-refractivity contribution < 1.29 is 9.59 Å². The first kappa shape index (κ1) is 12.1. The van der Waals surface area contributed by atoms with Crippen LogP contribution in [0.3, 0.4) is 0 Å². The van der Waals surface area contributed by atoms with Crippen LogP contribution < -0.4 is 11.2 Å². The van der Waals surface area contributed by atoms with Crippen molar-refractivity contribution in [2.75, 3.05) is 0 Å². The van der Waals surface area contributed by atoms with Crippen LogP contribution in [-0.4, -0.2) is 16.1 Å². The molecule has 1 aromatic heterocycles. The molecule has 6 nitrogen and oxygen atoms in total. The van der Waals surface area contributed by atoms with Gasteiger partial charge in [-0.2, -0.15) is 9.59 Å². The van der Waals surface area contributed by atoms with Crippen LogP contribution in [-0.2, 0) is 16.0 Å². The molecule has 0 radical (unpaired) electrons. The molecule has 0 bridgehead atoms. The molecule has 6 heteroatoms. The average molecular weight is 198 g/mol. The third-order valence-electron chi connectivity index (χ3n) is 1.64. The largest absolute Gasteiger partial charge is 0.373 e. The van der Waals surface area contributed by atoms with Crippen LogP contribution in [0.15, 0.2) is 9.59 Å². The normalized spacial score (nSPS) is 8.43. The van der Waals surface area contributed by atoms with E-state index in [1.54, 1.807) is 6.92 Å². The molecule has 0 aromatic carbocycles. The molecule has 0 fully saturated rings. The predicted molar refractivity (Wildman–Crippen MR) is 46.8 cm³/mol. The van der Waals surface area contributed by atoms with Gasteiger partial charge in [-0.25, -0.2) is 4.79 Å². The molecule has 2 N–H and O–H groups in total. The molecule has 1 aromatic rings. The van der Waals surface area contributed by atoms with Gasteiger partial charge in [-0.05, 0) is 13.3 Å². The van der Waals surface area contributed by atoms with E-state index in [4.69, 9.17) is 9.59 Å². The molecule has 1 rings (SSSR count). The Hall–Kier alpha value is -1.94. The van der Waals surface area contributed by atoms with Gasteiger partial charge in [0.05, 0.1) is 0 Å². The molecule has 0 saturated carbocycles. The van der Waals surface area contributed by atoms with E-state index in [9.17, 15) is 9.59 Å². The van der Waals surface area contributed by atoms with Gasteiger partial charge in [-0.3, -0.25) is 9.78 Å². The topological polar surface area (TPSA) is 99.9 Å². The lowest BCUT2D eigenvalue weighted by Gasteiger charge is -1.98. The number of aryl methyl sites for hydroxylation is 1. The molecular formula is C8H10N2O4. The monoisotopic (exact) mass is 198 g/mol. The first-order valence-electron chi connectivity index (χ1n) is 3.88.